The lowest BCUT2D eigenvalue weighted by atomic mass is 10.1. The normalized spacial score (nSPS) is 18.5. The van der Waals surface area contributed by atoms with Crippen LogP contribution in [0.5, 0.6) is 0 Å². The molecular formula is C15H18N4O. The molecule has 0 spiro atoms. The lowest BCUT2D eigenvalue weighted by molar-refractivity contribution is 0.0981. The minimum absolute atomic E-state index is 0.0476. The van der Waals surface area contributed by atoms with Gasteiger partial charge in [0.2, 0.25) is 0 Å². The number of fused-ring (bicyclic) bond motifs is 1. The van der Waals surface area contributed by atoms with Crippen molar-refractivity contribution < 1.29 is 4.79 Å². The van der Waals surface area contributed by atoms with Crippen molar-refractivity contribution in [2.24, 2.45) is 7.05 Å². The molecule has 1 aromatic carbocycles. The van der Waals surface area contributed by atoms with E-state index in [4.69, 9.17) is 0 Å². The van der Waals surface area contributed by atoms with Crippen LogP contribution in [0.25, 0.3) is 0 Å². The highest BCUT2D eigenvalue weighted by molar-refractivity contribution is 6.05. The van der Waals surface area contributed by atoms with E-state index < -0.39 is 0 Å². The maximum absolute atomic E-state index is 12.7. The first-order chi connectivity index (χ1) is 9.65. The summed E-state index contributed by atoms with van der Waals surface area (Å²) < 4.78 is 1.79. The van der Waals surface area contributed by atoms with Crippen molar-refractivity contribution in [3.8, 4) is 0 Å². The minimum atomic E-state index is -0.0476. The molecule has 0 bridgehead atoms. The van der Waals surface area contributed by atoms with E-state index in [-0.39, 0.29) is 11.9 Å². The molecule has 0 saturated carbocycles. The number of para-hydroxylation sites is 1. The van der Waals surface area contributed by atoms with E-state index in [0.29, 0.717) is 12.2 Å². The van der Waals surface area contributed by atoms with Crippen LogP contribution in [-0.2, 0) is 13.6 Å². The van der Waals surface area contributed by atoms with Gasteiger partial charge in [-0.1, -0.05) is 18.2 Å². The Morgan fingerprint density at radius 1 is 1.40 bits per heavy atom. The van der Waals surface area contributed by atoms with E-state index in [2.05, 4.69) is 23.3 Å². The molecule has 5 nitrogen and oxygen atoms in total. The molecule has 0 aliphatic carbocycles. The topological polar surface area (TPSA) is 50.2 Å². The van der Waals surface area contributed by atoms with Gasteiger partial charge in [0.25, 0.3) is 5.91 Å². The van der Waals surface area contributed by atoms with Crippen molar-refractivity contribution >= 4 is 11.6 Å². The Balaban J connectivity index is 2.00. The Kier molecular flexibility index (Phi) is 3.28. The summed E-state index contributed by atoms with van der Waals surface area (Å²) in [5.74, 6) is -0.0476. The largest absolute Gasteiger partial charge is 0.340 e. The summed E-state index contributed by atoms with van der Waals surface area (Å²) in [5.41, 5.74) is 2.59. The number of carbonyl (C=O) groups is 1. The van der Waals surface area contributed by atoms with Crippen LogP contribution in [-0.4, -0.2) is 28.0 Å². The van der Waals surface area contributed by atoms with E-state index in [1.807, 2.05) is 30.1 Å². The van der Waals surface area contributed by atoms with E-state index in [0.717, 1.165) is 17.8 Å². The first-order valence-corrected chi connectivity index (χ1v) is 6.76. The average Bonchev–Trinajstić information content (AvgIpc) is 2.81. The van der Waals surface area contributed by atoms with Crippen LogP contribution in [0.4, 0.5) is 5.69 Å². The molecule has 3 rings (SSSR count). The molecular weight excluding hydrogens is 252 g/mol. The third-order valence-electron chi connectivity index (χ3n) is 3.55. The standard InChI is InChI=1S/C15H18N4O/c1-11-8-19(15(20)13-9-18(2)10-17-13)14-6-4-3-5-12(14)7-16-11/h3-6,9-11,16H,7-8H2,1-2H3. The second-order valence-corrected chi connectivity index (χ2v) is 5.25. The van der Waals surface area contributed by atoms with Crippen LogP contribution in [0.2, 0.25) is 0 Å². The zero-order valence-electron chi connectivity index (χ0n) is 11.7. The van der Waals surface area contributed by atoms with Gasteiger partial charge in [-0.25, -0.2) is 4.98 Å². The summed E-state index contributed by atoms with van der Waals surface area (Å²) in [6.45, 7) is 3.51. The second kappa shape index (κ2) is 5.09. The van der Waals surface area contributed by atoms with Crippen molar-refractivity contribution in [2.75, 3.05) is 11.4 Å². The van der Waals surface area contributed by atoms with Gasteiger partial charge in [-0.15, -0.1) is 0 Å². The first kappa shape index (κ1) is 12.9. The molecule has 0 saturated heterocycles. The average molecular weight is 270 g/mol. The highest BCUT2D eigenvalue weighted by atomic mass is 16.2. The third kappa shape index (κ3) is 2.32. The molecule has 1 aromatic heterocycles. The van der Waals surface area contributed by atoms with Crippen LogP contribution >= 0.6 is 0 Å². The molecule has 1 aliphatic rings. The fourth-order valence-electron chi connectivity index (χ4n) is 2.50. The van der Waals surface area contributed by atoms with Gasteiger partial charge >= 0.3 is 0 Å². The van der Waals surface area contributed by atoms with E-state index in [1.54, 1.807) is 17.1 Å². The van der Waals surface area contributed by atoms with Crippen molar-refractivity contribution in [2.45, 2.75) is 19.5 Å². The van der Waals surface area contributed by atoms with Crippen LogP contribution in [0.1, 0.15) is 23.0 Å². The summed E-state index contributed by atoms with van der Waals surface area (Å²) in [7, 11) is 1.87. The predicted octanol–water partition coefficient (Wildman–Crippen LogP) is 1.56. The van der Waals surface area contributed by atoms with E-state index in [9.17, 15) is 4.79 Å². The quantitative estimate of drug-likeness (QED) is 0.855. The SMILES string of the molecule is CC1CN(C(=O)c2cn(C)cn2)c2ccccc2CN1. The van der Waals surface area contributed by atoms with Gasteiger partial charge in [0.15, 0.2) is 0 Å². The number of nitrogens with one attached hydrogen (secondary N) is 1. The van der Waals surface area contributed by atoms with Gasteiger partial charge in [-0.05, 0) is 18.6 Å². The Morgan fingerprint density at radius 2 is 2.20 bits per heavy atom. The van der Waals surface area contributed by atoms with Crippen molar-refractivity contribution in [3.63, 3.8) is 0 Å². The number of carbonyl (C=O) groups excluding carboxylic acids is 1. The molecule has 1 unspecified atom stereocenters. The number of nitrogens with zero attached hydrogens (tertiary/aromatic N) is 3. The van der Waals surface area contributed by atoms with Gasteiger partial charge in [-0.2, -0.15) is 0 Å². The van der Waals surface area contributed by atoms with Gasteiger partial charge in [0, 0.05) is 38.1 Å². The number of aromatic nitrogens is 2. The zero-order chi connectivity index (χ0) is 14.1. The fraction of sp³-hybridized carbons (Fsp3) is 0.333. The molecule has 2 heterocycles. The lowest BCUT2D eigenvalue weighted by Crippen LogP contribution is -2.39. The Morgan fingerprint density at radius 3 is 2.95 bits per heavy atom. The molecule has 5 heteroatoms. The molecule has 20 heavy (non-hydrogen) atoms. The maximum atomic E-state index is 12.7. The minimum Gasteiger partial charge on any atom is -0.340 e. The van der Waals surface area contributed by atoms with Crippen LogP contribution in [0.3, 0.4) is 0 Å². The van der Waals surface area contributed by atoms with Crippen LogP contribution < -0.4 is 10.2 Å². The monoisotopic (exact) mass is 270 g/mol. The van der Waals surface area contributed by atoms with Crippen LogP contribution in [0, 0.1) is 0 Å². The third-order valence-corrected chi connectivity index (χ3v) is 3.55. The number of hydrogen-bond acceptors (Lipinski definition) is 3. The second-order valence-electron chi connectivity index (χ2n) is 5.25. The number of aryl methyl sites for hydroxylation is 1. The van der Waals surface area contributed by atoms with Gasteiger partial charge < -0.3 is 14.8 Å². The Hall–Kier alpha value is -2.14. The van der Waals surface area contributed by atoms with Gasteiger partial charge in [-0.3, -0.25) is 4.79 Å². The molecule has 0 fully saturated rings. The van der Waals surface area contributed by atoms with E-state index in [1.165, 1.54) is 0 Å². The Labute approximate surface area is 118 Å². The van der Waals surface area contributed by atoms with Gasteiger partial charge in [0.1, 0.15) is 5.69 Å². The molecule has 1 N–H and O–H groups in total. The van der Waals surface area contributed by atoms with Gasteiger partial charge in [0.05, 0.1) is 6.33 Å². The summed E-state index contributed by atoms with van der Waals surface area (Å²) in [5, 5.41) is 3.42. The highest BCUT2D eigenvalue weighted by Crippen LogP contribution is 2.24. The zero-order valence-corrected chi connectivity index (χ0v) is 11.7. The Bertz CT molecular complexity index is 634. The van der Waals surface area contributed by atoms with Crippen molar-refractivity contribution in [1.29, 1.82) is 0 Å². The molecule has 104 valence electrons. The fourth-order valence-corrected chi connectivity index (χ4v) is 2.50. The summed E-state index contributed by atoms with van der Waals surface area (Å²) >= 11 is 0. The maximum Gasteiger partial charge on any atom is 0.278 e. The number of imidazole rings is 1. The van der Waals surface area contributed by atoms with Crippen molar-refractivity contribution in [1.82, 2.24) is 14.9 Å². The summed E-state index contributed by atoms with van der Waals surface area (Å²) in [4.78, 5) is 18.7. The summed E-state index contributed by atoms with van der Waals surface area (Å²) in [6, 6.07) is 8.26. The first-order valence-electron chi connectivity index (χ1n) is 6.76. The molecule has 1 aliphatic heterocycles. The van der Waals surface area contributed by atoms with Crippen LogP contribution in [0.15, 0.2) is 36.8 Å². The molecule has 0 radical (unpaired) electrons. The molecule has 2 aromatic rings. The number of rotatable bonds is 1. The number of anilines is 1. The summed E-state index contributed by atoms with van der Waals surface area (Å²) in [6.07, 6.45) is 3.41. The highest BCUT2D eigenvalue weighted by Gasteiger charge is 2.25. The van der Waals surface area contributed by atoms with Crippen molar-refractivity contribution in [3.05, 3.63) is 48.0 Å². The lowest BCUT2D eigenvalue weighted by Gasteiger charge is -2.23. The molecule has 1 amide bonds. The smallest absolute Gasteiger partial charge is 0.278 e. The number of amides is 1. The number of benzene rings is 1. The number of hydrogen-bond donors (Lipinski definition) is 1. The predicted molar refractivity (Wildman–Crippen MR) is 77.6 cm³/mol. The molecule has 1 atom stereocenters. The van der Waals surface area contributed by atoms with E-state index >= 15 is 0 Å².